The Hall–Kier alpha value is -3.58. The van der Waals surface area contributed by atoms with Gasteiger partial charge in [0.15, 0.2) is 11.0 Å². The molecular weight excluding hydrogens is 444 g/mol. The Morgan fingerprint density at radius 3 is 2.44 bits per heavy atom. The fraction of sp³-hybridized carbons (Fsp3) is 0.222. The molecule has 0 spiro atoms. The van der Waals surface area contributed by atoms with E-state index in [1.807, 2.05) is 77.1 Å². The van der Waals surface area contributed by atoms with E-state index in [2.05, 4.69) is 28.4 Å². The number of rotatable bonds is 7. The number of carbonyl (C=O) groups is 1. The predicted molar refractivity (Wildman–Crippen MR) is 134 cm³/mol. The molecule has 0 radical (unpaired) electrons. The first kappa shape index (κ1) is 22.2. The van der Waals surface area contributed by atoms with Crippen molar-refractivity contribution in [2.24, 2.45) is 0 Å². The number of hydrogen-bond donors (Lipinski definition) is 0. The molecule has 0 fully saturated rings. The highest BCUT2D eigenvalue weighted by atomic mass is 32.2. The third-order valence-electron chi connectivity index (χ3n) is 5.88. The van der Waals surface area contributed by atoms with E-state index < -0.39 is 0 Å². The molecule has 0 bridgehead atoms. The van der Waals surface area contributed by atoms with Crippen molar-refractivity contribution in [2.75, 3.05) is 18.9 Å². The van der Waals surface area contributed by atoms with Gasteiger partial charge in [-0.1, -0.05) is 66.4 Å². The number of carbonyl (C=O) groups excluding carboxylic acids is 1. The van der Waals surface area contributed by atoms with Crippen LogP contribution in [-0.4, -0.2) is 44.5 Å². The predicted octanol–water partition coefficient (Wildman–Crippen LogP) is 5.01. The van der Waals surface area contributed by atoms with E-state index in [1.54, 1.807) is 0 Å². The summed E-state index contributed by atoms with van der Waals surface area (Å²) in [6.07, 6.45) is 0.896. The van der Waals surface area contributed by atoms with Crippen LogP contribution in [0.15, 0.2) is 84.0 Å². The number of benzene rings is 3. The van der Waals surface area contributed by atoms with Crippen LogP contribution in [0, 0.1) is 0 Å². The highest BCUT2D eigenvalue weighted by Gasteiger charge is 2.22. The number of amides is 1. The van der Waals surface area contributed by atoms with Crippen LogP contribution < -0.4 is 4.74 Å². The van der Waals surface area contributed by atoms with Gasteiger partial charge >= 0.3 is 0 Å². The monoisotopic (exact) mass is 470 g/mol. The van der Waals surface area contributed by atoms with Crippen molar-refractivity contribution < 1.29 is 9.53 Å². The Labute approximate surface area is 203 Å². The van der Waals surface area contributed by atoms with Gasteiger partial charge in [0, 0.05) is 24.3 Å². The van der Waals surface area contributed by atoms with Gasteiger partial charge in [-0.15, -0.1) is 10.2 Å². The Morgan fingerprint density at radius 2 is 1.68 bits per heavy atom. The maximum absolute atomic E-state index is 13.1. The molecule has 1 aromatic heterocycles. The van der Waals surface area contributed by atoms with Gasteiger partial charge < -0.3 is 9.64 Å². The summed E-state index contributed by atoms with van der Waals surface area (Å²) < 4.78 is 7.61. The van der Waals surface area contributed by atoms with E-state index in [0.29, 0.717) is 24.1 Å². The molecule has 0 unspecified atom stereocenters. The summed E-state index contributed by atoms with van der Waals surface area (Å²) in [7, 11) is 0. The van der Waals surface area contributed by atoms with E-state index in [0.717, 1.165) is 35.8 Å². The lowest BCUT2D eigenvalue weighted by Gasteiger charge is -2.28. The van der Waals surface area contributed by atoms with Gasteiger partial charge in [0.25, 0.3) is 0 Å². The van der Waals surface area contributed by atoms with Crippen LogP contribution in [0.1, 0.15) is 18.1 Å². The number of fused-ring (bicyclic) bond motifs is 1. The largest absolute Gasteiger partial charge is 0.494 e. The third-order valence-corrected chi connectivity index (χ3v) is 6.79. The van der Waals surface area contributed by atoms with Crippen LogP contribution in [0.3, 0.4) is 0 Å². The minimum Gasteiger partial charge on any atom is -0.494 e. The zero-order valence-corrected chi connectivity index (χ0v) is 19.9. The molecule has 34 heavy (non-hydrogen) atoms. The van der Waals surface area contributed by atoms with Crippen LogP contribution in [-0.2, 0) is 17.8 Å². The van der Waals surface area contributed by atoms with E-state index in [1.165, 1.54) is 22.9 Å². The minimum absolute atomic E-state index is 0.113. The highest BCUT2D eigenvalue weighted by Crippen LogP contribution is 2.29. The van der Waals surface area contributed by atoms with Gasteiger partial charge in [0.1, 0.15) is 5.75 Å². The normalized spacial score (nSPS) is 12.9. The van der Waals surface area contributed by atoms with Gasteiger partial charge in [-0.05, 0) is 48.7 Å². The summed E-state index contributed by atoms with van der Waals surface area (Å²) in [6, 6.07) is 26.2. The van der Waals surface area contributed by atoms with E-state index >= 15 is 0 Å². The number of hydrogen-bond acceptors (Lipinski definition) is 5. The second-order valence-electron chi connectivity index (χ2n) is 8.06. The molecule has 2 heterocycles. The van der Waals surface area contributed by atoms with Crippen LogP contribution in [0.25, 0.3) is 17.1 Å². The van der Waals surface area contributed by atoms with Gasteiger partial charge in [-0.3, -0.25) is 9.36 Å². The third kappa shape index (κ3) is 4.70. The Bertz CT molecular complexity index is 1270. The lowest BCUT2D eigenvalue weighted by atomic mass is 10.00. The Balaban J connectivity index is 1.38. The second-order valence-corrected chi connectivity index (χ2v) is 9.00. The fourth-order valence-electron chi connectivity index (χ4n) is 4.15. The van der Waals surface area contributed by atoms with Crippen LogP contribution in [0.4, 0.5) is 0 Å². The van der Waals surface area contributed by atoms with E-state index in [4.69, 9.17) is 4.74 Å². The van der Waals surface area contributed by atoms with Crippen LogP contribution in [0.2, 0.25) is 0 Å². The molecule has 6 nitrogen and oxygen atoms in total. The average molecular weight is 471 g/mol. The lowest BCUT2D eigenvalue weighted by Crippen LogP contribution is -2.37. The van der Waals surface area contributed by atoms with Crippen molar-refractivity contribution in [2.45, 2.75) is 25.0 Å². The van der Waals surface area contributed by atoms with Crippen molar-refractivity contribution in [3.8, 4) is 22.8 Å². The summed E-state index contributed by atoms with van der Waals surface area (Å²) >= 11 is 1.42. The first-order chi connectivity index (χ1) is 16.7. The summed E-state index contributed by atoms with van der Waals surface area (Å²) in [4.78, 5) is 15.0. The van der Waals surface area contributed by atoms with Gasteiger partial charge in [-0.25, -0.2) is 0 Å². The Kier molecular flexibility index (Phi) is 6.62. The molecule has 1 aliphatic rings. The SMILES string of the molecule is CCOc1ccc(-n2c(SCC(=O)N3CCc4ccccc4C3)nnc2-c2ccccc2)cc1. The minimum atomic E-state index is 0.113. The molecule has 172 valence electrons. The number of thioether (sulfide) groups is 1. The van der Waals surface area contributed by atoms with Crippen LogP contribution in [0.5, 0.6) is 5.75 Å². The summed E-state index contributed by atoms with van der Waals surface area (Å²) in [6.45, 7) is 3.99. The van der Waals surface area contributed by atoms with Crippen molar-refractivity contribution in [1.29, 1.82) is 0 Å². The lowest BCUT2D eigenvalue weighted by molar-refractivity contribution is -0.129. The molecule has 7 heteroatoms. The first-order valence-electron chi connectivity index (χ1n) is 11.4. The number of nitrogens with zero attached hydrogens (tertiary/aromatic N) is 4. The van der Waals surface area contributed by atoms with Gasteiger partial charge in [0.2, 0.25) is 5.91 Å². The van der Waals surface area contributed by atoms with E-state index in [-0.39, 0.29) is 5.91 Å². The maximum atomic E-state index is 13.1. The fourth-order valence-corrected chi connectivity index (χ4v) is 5.01. The second kappa shape index (κ2) is 10.1. The van der Waals surface area contributed by atoms with Gasteiger partial charge in [0.05, 0.1) is 12.4 Å². The standard InChI is InChI=1S/C27H26N4O2S/c1-2-33-24-14-12-23(13-15-24)31-26(21-9-4-3-5-10-21)28-29-27(31)34-19-25(32)30-17-16-20-8-6-7-11-22(20)18-30/h3-15H,2,16-19H2,1H3. The zero-order valence-electron chi connectivity index (χ0n) is 19.1. The molecule has 1 amide bonds. The molecule has 3 aromatic carbocycles. The number of ether oxygens (including phenoxy) is 1. The van der Waals surface area contributed by atoms with Gasteiger partial charge in [-0.2, -0.15) is 0 Å². The molecule has 1 aliphatic heterocycles. The molecular formula is C27H26N4O2S. The van der Waals surface area contributed by atoms with Crippen LogP contribution >= 0.6 is 11.8 Å². The average Bonchev–Trinajstić information content (AvgIpc) is 3.32. The smallest absolute Gasteiger partial charge is 0.233 e. The van der Waals surface area contributed by atoms with Crippen molar-refractivity contribution in [1.82, 2.24) is 19.7 Å². The molecule has 0 saturated carbocycles. The maximum Gasteiger partial charge on any atom is 0.233 e. The molecule has 0 saturated heterocycles. The zero-order chi connectivity index (χ0) is 23.3. The first-order valence-corrected chi connectivity index (χ1v) is 12.4. The highest BCUT2D eigenvalue weighted by molar-refractivity contribution is 7.99. The van der Waals surface area contributed by atoms with Crippen molar-refractivity contribution in [3.63, 3.8) is 0 Å². The summed E-state index contributed by atoms with van der Waals surface area (Å²) in [5.74, 6) is 1.98. The molecule has 0 aliphatic carbocycles. The summed E-state index contributed by atoms with van der Waals surface area (Å²) in [5.41, 5.74) is 4.46. The molecule has 4 aromatic rings. The topological polar surface area (TPSA) is 60.2 Å². The van der Waals surface area contributed by atoms with E-state index in [9.17, 15) is 4.79 Å². The molecule has 5 rings (SSSR count). The van der Waals surface area contributed by atoms with Crippen molar-refractivity contribution in [3.05, 3.63) is 90.0 Å². The van der Waals surface area contributed by atoms with Crippen molar-refractivity contribution >= 4 is 17.7 Å². The molecule has 0 atom stereocenters. The quantitative estimate of drug-likeness (QED) is 0.355. The molecule has 0 N–H and O–H groups in total. The Morgan fingerprint density at radius 1 is 0.941 bits per heavy atom. The number of aromatic nitrogens is 3. The summed E-state index contributed by atoms with van der Waals surface area (Å²) in [5, 5.41) is 9.62.